The highest BCUT2D eigenvalue weighted by Crippen LogP contribution is 2.16. The molecule has 0 unspecified atom stereocenters. The first-order valence-electron chi connectivity index (χ1n) is 6.30. The topological polar surface area (TPSA) is 25.4 Å². The van der Waals surface area contributed by atoms with Gasteiger partial charge in [-0.3, -0.25) is 9.88 Å². The summed E-state index contributed by atoms with van der Waals surface area (Å²) in [6.45, 7) is 4.21. The minimum atomic E-state index is 0.748. The first-order chi connectivity index (χ1) is 8.34. The molecule has 0 aromatic carbocycles. The Morgan fingerprint density at radius 3 is 2.65 bits per heavy atom. The normalized spacial score (nSPS) is 17.7. The summed E-state index contributed by atoms with van der Waals surface area (Å²) in [6, 6.07) is 1.95. The maximum absolute atomic E-state index is 5.70. The number of likely N-dealkylation sites (tertiary alicyclic amines) is 1. The van der Waals surface area contributed by atoms with Gasteiger partial charge in [0.1, 0.15) is 12.4 Å². The highest BCUT2D eigenvalue weighted by atomic mass is 79.9. The van der Waals surface area contributed by atoms with Crippen LogP contribution < -0.4 is 4.74 Å². The summed E-state index contributed by atoms with van der Waals surface area (Å²) in [4.78, 5) is 6.58. The first kappa shape index (κ1) is 12.8. The Morgan fingerprint density at radius 1 is 1.18 bits per heavy atom. The number of hydrogen-bond donors (Lipinski definition) is 0. The number of ether oxygens (including phenoxy) is 1. The van der Waals surface area contributed by atoms with Gasteiger partial charge >= 0.3 is 0 Å². The van der Waals surface area contributed by atoms with Crippen LogP contribution in [0.5, 0.6) is 5.75 Å². The van der Waals surface area contributed by atoms with Crippen molar-refractivity contribution in [3.63, 3.8) is 0 Å². The van der Waals surface area contributed by atoms with E-state index < -0.39 is 0 Å². The molecular formula is C13H19BrN2O. The van der Waals surface area contributed by atoms with E-state index in [2.05, 4.69) is 25.8 Å². The fourth-order valence-corrected chi connectivity index (χ4v) is 2.47. The van der Waals surface area contributed by atoms with Crippen LogP contribution in [0.4, 0.5) is 0 Å². The zero-order valence-electron chi connectivity index (χ0n) is 10.1. The minimum absolute atomic E-state index is 0.748. The fourth-order valence-electron chi connectivity index (χ4n) is 2.12. The Hall–Kier alpha value is -0.610. The maximum Gasteiger partial charge on any atom is 0.138 e. The predicted octanol–water partition coefficient (Wildman–Crippen LogP) is 3.10. The lowest BCUT2D eigenvalue weighted by Crippen LogP contribution is -2.29. The summed E-state index contributed by atoms with van der Waals surface area (Å²) in [5.74, 6) is 0.842. The zero-order chi connectivity index (χ0) is 11.9. The van der Waals surface area contributed by atoms with Gasteiger partial charge in [-0.15, -0.1) is 0 Å². The SMILES string of the molecule is Brc1cncc(OCCN2CCCCCC2)c1. The highest BCUT2D eigenvalue weighted by molar-refractivity contribution is 9.10. The molecule has 94 valence electrons. The molecule has 0 saturated carbocycles. The van der Waals surface area contributed by atoms with Crippen molar-refractivity contribution in [1.29, 1.82) is 0 Å². The van der Waals surface area contributed by atoms with E-state index >= 15 is 0 Å². The number of aromatic nitrogens is 1. The molecule has 2 heterocycles. The van der Waals surface area contributed by atoms with Crippen molar-refractivity contribution in [3.8, 4) is 5.75 Å². The van der Waals surface area contributed by atoms with Crippen LogP contribution in [0.1, 0.15) is 25.7 Å². The second-order valence-corrected chi connectivity index (χ2v) is 5.36. The third-order valence-electron chi connectivity index (χ3n) is 3.05. The van der Waals surface area contributed by atoms with E-state index in [0.717, 1.165) is 23.4 Å². The van der Waals surface area contributed by atoms with Gasteiger partial charge in [-0.05, 0) is 47.9 Å². The van der Waals surface area contributed by atoms with Crippen molar-refractivity contribution in [2.75, 3.05) is 26.2 Å². The molecule has 0 radical (unpaired) electrons. The maximum atomic E-state index is 5.70. The third-order valence-corrected chi connectivity index (χ3v) is 3.49. The smallest absolute Gasteiger partial charge is 0.138 e. The average molecular weight is 299 g/mol. The van der Waals surface area contributed by atoms with Gasteiger partial charge in [0.25, 0.3) is 0 Å². The summed E-state index contributed by atoms with van der Waals surface area (Å²) >= 11 is 3.39. The molecule has 1 aromatic heterocycles. The Kier molecular flexibility index (Phi) is 5.26. The van der Waals surface area contributed by atoms with Crippen LogP contribution in [-0.4, -0.2) is 36.1 Å². The van der Waals surface area contributed by atoms with Crippen molar-refractivity contribution < 1.29 is 4.74 Å². The second kappa shape index (κ2) is 6.97. The predicted molar refractivity (Wildman–Crippen MR) is 72.3 cm³/mol. The molecule has 1 aliphatic heterocycles. The van der Waals surface area contributed by atoms with Gasteiger partial charge in [0, 0.05) is 17.2 Å². The monoisotopic (exact) mass is 298 g/mol. The zero-order valence-corrected chi connectivity index (χ0v) is 11.7. The number of pyridine rings is 1. The molecule has 3 nitrogen and oxygen atoms in total. The largest absolute Gasteiger partial charge is 0.491 e. The van der Waals surface area contributed by atoms with Gasteiger partial charge in [-0.1, -0.05) is 12.8 Å². The van der Waals surface area contributed by atoms with Crippen molar-refractivity contribution in [1.82, 2.24) is 9.88 Å². The van der Waals surface area contributed by atoms with E-state index in [-0.39, 0.29) is 0 Å². The Bertz CT molecular complexity index is 338. The fraction of sp³-hybridized carbons (Fsp3) is 0.615. The van der Waals surface area contributed by atoms with E-state index in [1.54, 1.807) is 12.4 Å². The third kappa shape index (κ3) is 4.64. The minimum Gasteiger partial charge on any atom is -0.491 e. The molecule has 0 spiro atoms. The second-order valence-electron chi connectivity index (χ2n) is 4.44. The van der Waals surface area contributed by atoms with Crippen LogP contribution in [0.3, 0.4) is 0 Å². The van der Waals surface area contributed by atoms with Crippen LogP contribution in [0.25, 0.3) is 0 Å². The molecule has 17 heavy (non-hydrogen) atoms. The lowest BCUT2D eigenvalue weighted by molar-refractivity contribution is 0.213. The van der Waals surface area contributed by atoms with Gasteiger partial charge in [0.15, 0.2) is 0 Å². The average Bonchev–Trinajstić information content (AvgIpc) is 2.58. The van der Waals surface area contributed by atoms with E-state index in [0.29, 0.717) is 0 Å². The van der Waals surface area contributed by atoms with E-state index in [1.165, 1.54) is 38.8 Å². The van der Waals surface area contributed by atoms with Gasteiger partial charge in [-0.25, -0.2) is 0 Å². The summed E-state index contributed by atoms with van der Waals surface area (Å²) < 4.78 is 6.66. The molecule has 0 atom stereocenters. The molecule has 2 rings (SSSR count). The van der Waals surface area contributed by atoms with E-state index in [4.69, 9.17) is 4.74 Å². The summed E-state index contributed by atoms with van der Waals surface area (Å²) in [6.07, 6.45) is 8.95. The van der Waals surface area contributed by atoms with Crippen LogP contribution in [-0.2, 0) is 0 Å². The van der Waals surface area contributed by atoms with Crippen molar-refractivity contribution in [3.05, 3.63) is 22.9 Å². The number of nitrogens with zero attached hydrogens (tertiary/aromatic N) is 2. The molecular weight excluding hydrogens is 280 g/mol. The highest BCUT2D eigenvalue weighted by Gasteiger charge is 2.08. The molecule has 0 bridgehead atoms. The first-order valence-corrected chi connectivity index (χ1v) is 7.09. The summed E-state index contributed by atoms with van der Waals surface area (Å²) in [7, 11) is 0. The molecule has 0 aliphatic carbocycles. The van der Waals surface area contributed by atoms with Gasteiger partial charge < -0.3 is 4.74 Å². The van der Waals surface area contributed by atoms with Crippen LogP contribution >= 0.6 is 15.9 Å². The van der Waals surface area contributed by atoms with Gasteiger partial charge in [0.2, 0.25) is 0 Å². The van der Waals surface area contributed by atoms with Gasteiger partial charge in [0.05, 0.1) is 6.20 Å². The van der Waals surface area contributed by atoms with Crippen LogP contribution in [0.15, 0.2) is 22.9 Å². The number of hydrogen-bond acceptors (Lipinski definition) is 3. The molecule has 1 aromatic rings. The Balaban J connectivity index is 1.71. The molecule has 1 fully saturated rings. The molecule has 1 saturated heterocycles. The standard InChI is InChI=1S/C13H19BrN2O/c14-12-9-13(11-15-10-12)17-8-7-16-5-3-1-2-4-6-16/h9-11H,1-8H2. The van der Waals surface area contributed by atoms with Gasteiger partial charge in [-0.2, -0.15) is 0 Å². The molecule has 0 N–H and O–H groups in total. The summed E-state index contributed by atoms with van der Waals surface area (Å²) in [5.41, 5.74) is 0. The van der Waals surface area contributed by atoms with E-state index in [9.17, 15) is 0 Å². The van der Waals surface area contributed by atoms with Crippen LogP contribution in [0, 0.1) is 0 Å². The quantitative estimate of drug-likeness (QED) is 0.854. The number of rotatable bonds is 4. The number of halogens is 1. The lowest BCUT2D eigenvalue weighted by Gasteiger charge is -2.19. The lowest BCUT2D eigenvalue weighted by atomic mass is 10.2. The van der Waals surface area contributed by atoms with Crippen LogP contribution in [0.2, 0.25) is 0 Å². The summed E-state index contributed by atoms with van der Waals surface area (Å²) in [5, 5.41) is 0. The molecule has 1 aliphatic rings. The van der Waals surface area contributed by atoms with Crippen molar-refractivity contribution in [2.45, 2.75) is 25.7 Å². The molecule has 4 heteroatoms. The van der Waals surface area contributed by atoms with E-state index in [1.807, 2.05) is 6.07 Å². The van der Waals surface area contributed by atoms with Crippen molar-refractivity contribution >= 4 is 15.9 Å². The Morgan fingerprint density at radius 2 is 1.94 bits per heavy atom. The van der Waals surface area contributed by atoms with Crippen molar-refractivity contribution in [2.24, 2.45) is 0 Å². The molecule has 0 amide bonds. The Labute approximate surface area is 111 Å².